The first-order valence-corrected chi connectivity index (χ1v) is 10.0. The van der Waals surface area contributed by atoms with Crippen LogP contribution in [0.1, 0.15) is 25.1 Å². The van der Waals surface area contributed by atoms with Crippen molar-refractivity contribution in [2.24, 2.45) is 0 Å². The van der Waals surface area contributed by atoms with E-state index in [1.54, 1.807) is 26.0 Å². The Kier molecular flexibility index (Phi) is 4.46. The molecule has 1 aliphatic carbocycles. The molecule has 7 heteroatoms. The summed E-state index contributed by atoms with van der Waals surface area (Å²) < 4.78 is 17.4. The monoisotopic (exact) mass is 415 g/mol. The number of aromatic amines is 1. The number of H-pyrrole nitrogens is 1. The van der Waals surface area contributed by atoms with E-state index >= 15 is 0 Å². The van der Waals surface area contributed by atoms with Crippen molar-refractivity contribution in [3.63, 3.8) is 0 Å². The zero-order chi connectivity index (χ0) is 21.5. The number of rotatable bonds is 3. The van der Waals surface area contributed by atoms with Crippen molar-refractivity contribution in [3.05, 3.63) is 53.7 Å². The van der Waals surface area contributed by atoms with E-state index in [2.05, 4.69) is 11.1 Å². The summed E-state index contributed by atoms with van der Waals surface area (Å²) in [7, 11) is 0. The van der Waals surface area contributed by atoms with Gasteiger partial charge in [0.2, 0.25) is 0 Å². The topological polar surface area (TPSA) is 82.5 Å². The predicted octanol–water partition coefficient (Wildman–Crippen LogP) is 5.66. The quantitative estimate of drug-likeness (QED) is 0.265. The van der Waals surface area contributed by atoms with Crippen LogP contribution < -0.4 is 4.74 Å². The van der Waals surface area contributed by atoms with Gasteiger partial charge in [-0.1, -0.05) is 18.2 Å². The maximum Gasteiger partial charge on any atom is 0.513 e. The van der Waals surface area contributed by atoms with Gasteiger partial charge in [0.25, 0.3) is 0 Å². The summed E-state index contributed by atoms with van der Waals surface area (Å²) in [5.74, 6) is 0.214. The minimum absolute atomic E-state index is 0.167. The Morgan fingerprint density at radius 3 is 2.68 bits per heavy atom. The number of benzene rings is 2. The van der Waals surface area contributed by atoms with Crippen molar-refractivity contribution >= 4 is 57.1 Å². The molecule has 2 aromatic heterocycles. The van der Waals surface area contributed by atoms with Gasteiger partial charge in [0.1, 0.15) is 23.2 Å². The highest BCUT2D eigenvalue weighted by Crippen LogP contribution is 2.43. The van der Waals surface area contributed by atoms with E-state index in [4.69, 9.17) is 14.2 Å². The molecule has 31 heavy (non-hydrogen) atoms. The lowest BCUT2D eigenvalue weighted by molar-refractivity contribution is 0.105. The molecule has 0 spiro atoms. The molecule has 154 valence electrons. The molecule has 0 atom stereocenters. The molecular formula is C24H19N2O5+. The Hall–Kier alpha value is -4.09. The van der Waals surface area contributed by atoms with Gasteiger partial charge in [0.15, 0.2) is 11.4 Å². The fraction of sp³-hybridized carbons (Fsp3) is 0.167. The third-order valence-electron chi connectivity index (χ3n) is 5.23. The summed E-state index contributed by atoms with van der Waals surface area (Å²) >= 11 is 0. The van der Waals surface area contributed by atoms with Crippen LogP contribution >= 0.6 is 0 Å². The molecule has 1 N–H and O–H groups in total. The van der Waals surface area contributed by atoms with Crippen molar-refractivity contribution in [3.8, 4) is 5.75 Å². The normalized spacial score (nSPS) is 12.2. The van der Waals surface area contributed by atoms with E-state index in [0.717, 1.165) is 27.2 Å². The Balaban J connectivity index is 1.94. The molecule has 5 rings (SSSR count). The minimum Gasteiger partial charge on any atom is -0.448 e. The largest absolute Gasteiger partial charge is 0.513 e. The van der Waals surface area contributed by atoms with Crippen LogP contribution in [0, 0.1) is 6.08 Å². The number of para-hydroxylation sites is 1. The van der Waals surface area contributed by atoms with Gasteiger partial charge in [0.05, 0.1) is 24.8 Å². The first kappa shape index (κ1) is 18.9. The van der Waals surface area contributed by atoms with E-state index in [1.165, 1.54) is 4.57 Å². The second kappa shape index (κ2) is 7.31. The maximum atomic E-state index is 13.0. The molecule has 0 radical (unpaired) electrons. The molecule has 2 aromatic carbocycles. The maximum absolute atomic E-state index is 13.0. The second-order valence-corrected chi connectivity index (χ2v) is 6.96. The van der Waals surface area contributed by atoms with E-state index in [1.807, 2.05) is 36.4 Å². The molecule has 4 aromatic rings. The zero-order valence-electron chi connectivity index (χ0n) is 17.0. The van der Waals surface area contributed by atoms with E-state index in [9.17, 15) is 9.59 Å². The molecule has 0 saturated heterocycles. The second-order valence-electron chi connectivity index (χ2n) is 6.96. The minimum atomic E-state index is -0.845. The van der Waals surface area contributed by atoms with Gasteiger partial charge in [-0.2, -0.15) is 4.57 Å². The molecule has 1 aliphatic rings. The number of nitrogens with one attached hydrogen (secondary N) is 1. The standard InChI is InChI=1S/C24H19N2O5/c1-3-29-23(27)26-19-12-8-6-10-15(19)17-13-16-14-9-5-7-11-18(14)25-20(16)22(21(17)26)31-24(28)30-4-2/h5-7,9-13,25H,3-4H2,1-2H3/q+1. The lowest BCUT2D eigenvalue weighted by Gasteiger charge is -2.10. The van der Waals surface area contributed by atoms with Crippen molar-refractivity contribution in [2.45, 2.75) is 13.8 Å². The molecule has 0 fully saturated rings. The number of aromatic nitrogens is 2. The highest BCUT2D eigenvalue weighted by Gasteiger charge is 2.32. The number of fused-ring (bicyclic) bond motifs is 6. The number of carbonyl (C=O) groups excluding carboxylic acids is 2. The summed E-state index contributed by atoms with van der Waals surface area (Å²) in [6.07, 6.45) is 6.97. The van der Waals surface area contributed by atoms with E-state index < -0.39 is 12.2 Å². The average Bonchev–Trinajstić information content (AvgIpc) is 3.30. The number of hydrogen-bond acceptors (Lipinski definition) is 5. The Labute approximate surface area is 177 Å². The molecule has 0 bridgehead atoms. The molecule has 2 heterocycles. The molecule has 0 saturated carbocycles. The van der Waals surface area contributed by atoms with Crippen molar-refractivity contribution < 1.29 is 23.8 Å². The lowest BCUT2D eigenvalue weighted by atomic mass is 10.0. The number of allylic oxidation sites excluding steroid dienone is 2. The number of nitrogens with zero attached hydrogens (tertiary/aromatic N) is 1. The van der Waals surface area contributed by atoms with Gasteiger partial charge in [0, 0.05) is 27.8 Å². The average molecular weight is 415 g/mol. The fourth-order valence-electron chi connectivity index (χ4n) is 4.04. The molecule has 0 amide bonds. The lowest BCUT2D eigenvalue weighted by Crippen LogP contribution is -2.17. The highest BCUT2D eigenvalue weighted by molar-refractivity contribution is 6.18. The van der Waals surface area contributed by atoms with Gasteiger partial charge in [-0.25, -0.2) is 9.59 Å². The van der Waals surface area contributed by atoms with Crippen LogP contribution in [0.5, 0.6) is 5.75 Å². The van der Waals surface area contributed by atoms with Crippen LogP contribution in [0.3, 0.4) is 0 Å². The van der Waals surface area contributed by atoms with Crippen LogP contribution in [0.15, 0.2) is 36.4 Å². The van der Waals surface area contributed by atoms with Crippen LogP contribution in [0.25, 0.3) is 44.9 Å². The van der Waals surface area contributed by atoms with Crippen LogP contribution in [0.2, 0.25) is 0 Å². The third-order valence-corrected chi connectivity index (χ3v) is 5.23. The summed E-state index contributed by atoms with van der Waals surface area (Å²) in [6.45, 7) is 3.81. The van der Waals surface area contributed by atoms with Gasteiger partial charge in [-0.3, -0.25) is 0 Å². The molecule has 7 nitrogen and oxygen atoms in total. The van der Waals surface area contributed by atoms with Crippen LogP contribution in [0.4, 0.5) is 9.59 Å². The van der Waals surface area contributed by atoms with Gasteiger partial charge in [-0.15, -0.1) is 0 Å². The number of hydrogen-bond donors (Lipinski definition) is 1. The summed E-state index contributed by atoms with van der Waals surface area (Å²) in [4.78, 5) is 28.6. The van der Waals surface area contributed by atoms with E-state index in [-0.39, 0.29) is 19.0 Å². The molecular weight excluding hydrogens is 396 g/mol. The van der Waals surface area contributed by atoms with Crippen molar-refractivity contribution in [2.75, 3.05) is 13.2 Å². The Morgan fingerprint density at radius 2 is 1.87 bits per heavy atom. The highest BCUT2D eigenvalue weighted by atomic mass is 16.7. The predicted molar refractivity (Wildman–Crippen MR) is 118 cm³/mol. The smallest absolute Gasteiger partial charge is 0.448 e. The van der Waals surface area contributed by atoms with Crippen molar-refractivity contribution in [1.29, 1.82) is 0 Å². The first-order chi connectivity index (χ1) is 15.1. The van der Waals surface area contributed by atoms with Gasteiger partial charge in [-0.05, 0) is 26.0 Å². The Morgan fingerprint density at radius 1 is 1.06 bits per heavy atom. The summed E-state index contributed by atoms with van der Waals surface area (Å²) in [5.41, 5.74) is 3.35. The zero-order valence-corrected chi connectivity index (χ0v) is 17.0. The third kappa shape index (κ3) is 2.86. The van der Waals surface area contributed by atoms with Crippen molar-refractivity contribution in [1.82, 2.24) is 9.55 Å². The van der Waals surface area contributed by atoms with Gasteiger partial charge < -0.3 is 19.2 Å². The number of carbonyl (C=O) groups is 2. The van der Waals surface area contributed by atoms with Crippen LogP contribution in [-0.2, 0) is 9.47 Å². The van der Waals surface area contributed by atoms with Gasteiger partial charge >= 0.3 is 12.2 Å². The summed E-state index contributed by atoms with van der Waals surface area (Å²) in [5, 5.41) is 2.61. The van der Waals surface area contributed by atoms with Crippen LogP contribution in [-0.4, -0.2) is 35.0 Å². The first-order valence-electron chi connectivity index (χ1n) is 10.0. The molecule has 0 unspecified atom stereocenters. The molecule has 0 aliphatic heterocycles. The fourth-order valence-corrected chi connectivity index (χ4v) is 4.04. The Bertz CT molecular complexity index is 1420. The summed E-state index contributed by atoms with van der Waals surface area (Å²) in [6, 6.07) is 9.81. The SMILES string of the molecule is CCOC(=O)Oc1c2[nH]c3ccccc3c2cc2c3c(n(C(=O)OCC)c12)C=[C+]C=C3. The van der Waals surface area contributed by atoms with E-state index in [0.29, 0.717) is 16.7 Å². The number of ether oxygens (including phenoxy) is 3.